The molecular formula is C22H21ClFNO4. The van der Waals surface area contributed by atoms with Gasteiger partial charge in [0.1, 0.15) is 5.82 Å². The maximum absolute atomic E-state index is 13.0. The van der Waals surface area contributed by atoms with Gasteiger partial charge in [-0.15, -0.1) is 0 Å². The smallest absolute Gasteiger partial charge is 0.309 e. The zero-order valence-electron chi connectivity index (χ0n) is 15.9. The van der Waals surface area contributed by atoms with Crippen molar-refractivity contribution in [1.82, 2.24) is 4.90 Å². The van der Waals surface area contributed by atoms with Crippen LogP contribution in [-0.2, 0) is 9.53 Å². The van der Waals surface area contributed by atoms with Gasteiger partial charge in [-0.1, -0.05) is 23.7 Å². The van der Waals surface area contributed by atoms with E-state index in [1.807, 2.05) is 0 Å². The second-order valence-corrected chi connectivity index (χ2v) is 7.46. The van der Waals surface area contributed by atoms with E-state index in [4.69, 9.17) is 16.3 Å². The first-order chi connectivity index (χ1) is 13.8. The number of benzene rings is 2. The van der Waals surface area contributed by atoms with Crippen LogP contribution in [0.15, 0.2) is 48.5 Å². The molecule has 1 aliphatic rings. The summed E-state index contributed by atoms with van der Waals surface area (Å²) in [6.45, 7) is 2.33. The summed E-state index contributed by atoms with van der Waals surface area (Å²) in [7, 11) is 0. The number of esters is 1. The third-order valence-corrected chi connectivity index (χ3v) is 5.21. The summed E-state index contributed by atoms with van der Waals surface area (Å²) in [4.78, 5) is 39.0. The van der Waals surface area contributed by atoms with Gasteiger partial charge in [-0.05, 0) is 56.2 Å². The van der Waals surface area contributed by atoms with E-state index < -0.39 is 17.9 Å². The van der Waals surface area contributed by atoms with Crippen LogP contribution >= 0.6 is 11.6 Å². The second kappa shape index (κ2) is 9.18. The van der Waals surface area contributed by atoms with E-state index in [1.165, 1.54) is 37.3 Å². The molecule has 0 bridgehead atoms. The Kier molecular flexibility index (Phi) is 6.64. The molecule has 29 heavy (non-hydrogen) atoms. The van der Waals surface area contributed by atoms with Gasteiger partial charge in [-0.25, -0.2) is 4.39 Å². The standard InChI is InChI=1S/C22H21ClFNO4/c1-14(20(26)17-3-2-4-18(23)13-17)29-22(28)16-9-11-25(12-10-16)21(27)15-5-7-19(24)8-6-15/h2-8,13-14,16H,9-12H2,1H3/t14-/m0/s1. The molecule has 3 rings (SSSR count). The highest BCUT2D eigenvalue weighted by Crippen LogP contribution is 2.22. The Hall–Kier alpha value is -2.73. The molecule has 2 aromatic carbocycles. The molecule has 0 radical (unpaired) electrons. The molecule has 5 nitrogen and oxygen atoms in total. The molecule has 1 aliphatic heterocycles. The van der Waals surface area contributed by atoms with Crippen LogP contribution in [0.1, 0.15) is 40.5 Å². The lowest BCUT2D eigenvalue weighted by molar-refractivity contribution is -0.152. The Morgan fingerprint density at radius 3 is 2.34 bits per heavy atom. The highest BCUT2D eigenvalue weighted by molar-refractivity contribution is 6.31. The zero-order valence-corrected chi connectivity index (χ0v) is 16.7. The molecule has 0 N–H and O–H groups in total. The van der Waals surface area contributed by atoms with Crippen molar-refractivity contribution in [3.8, 4) is 0 Å². The van der Waals surface area contributed by atoms with Crippen LogP contribution in [0.4, 0.5) is 4.39 Å². The lowest BCUT2D eigenvalue weighted by atomic mass is 9.96. The molecular weight excluding hydrogens is 397 g/mol. The van der Waals surface area contributed by atoms with Crippen molar-refractivity contribution in [2.45, 2.75) is 25.9 Å². The zero-order chi connectivity index (χ0) is 21.0. The third-order valence-electron chi connectivity index (χ3n) is 4.98. The Morgan fingerprint density at radius 1 is 1.07 bits per heavy atom. The normalized spacial score (nSPS) is 15.6. The first-order valence-electron chi connectivity index (χ1n) is 9.40. The summed E-state index contributed by atoms with van der Waals surface area (Å²) in [6.07, 6.45) is -0.0203. The van der Waals surface area contributed by atoms with E-state index in [2.05, 4.69) is 0 Å². The van der Waals surface area contributed by atoms with Crippen LogP contribution in [0.2, 0.25) is 5.02 Å². The lowest BCUT2D eigenvalue weighted by Crippen LogP contribution is -2.41. The number of rotatable bonds is 5. The molecule has 1 fully saturated rings. The number of halogens is 2. The van der Waals surface area contributed by atoms with Gasteiger partial charge in [-0.2, -0.15) is 0 Å². The maximum atomic E-state index is 13.0. The van der Waals surface area contributed by atoms with E-state index in [0.29, 0.717) is 42.1 Å². The highest BCUT2D eigenvalue weighted by Gasteiger charge is 2.31. The lowest BCUT2D eigenvalue weighted by Gasteiger charge is -2.31. The SMILES string of the molecule is C[C@H](OC(=O)C1CCN(C(=O)c2ccc(F)cc2)CC1)C(=O)c1cccc(Cl)c1. The molecule has 1 amide bonds. The largest absolute Gasteiger partial charge is 0.454 e. The first kappa shape index (κ1) is 21.0. The molecule has 0 spiro atoms. The van der Waals surface area contributed by atoms with Crippen LogP contribution in [0.3, 0.4) is 0 Å². The molecule has 1 heterocycles. The first-order valence-corrected chi connectivity index (χ1v) is 9.78. The number of nitrogens with zero attached hydrogens (tertiary/aromatic N) is 1. The van der Waals surface area contributed by atoms with Crippen molar-refractivity contribution in [3.05, 3.63) is 70.5 Å². The second-order valence-electron chi connectivity index (χ2n) is 7.03. The van der Waals surface area contributed by atoms with Gasteiger partial charge in [0.05, 0.1) is 5.92 Å². The van der Waals surface area contributed by atoms with Crippen molar-refractivity contribution >= 4 is 29.3 Å². The van der Waals surface area contributed by atoms with Gasteiger partial charge in [0.15, 0.2) is 6.10 Å². The summed E-state index contributed by atoms with van der Waals surface area (Å²) in [6, 6.07) is 11.9. The molecule has 1 atom stereocenters. The van der Waals surface area contributed by atoms with Crippen LogP contribution in [0, 0.1) is 11.7 Å². The van der Waals surface area contributed by atoms with Gasteiger partial charge in [0, 0.05) is 29.2 Å². The maximum Gasteiger partial charge on any atom is 0.309 e. The number of ketones is 1. The van der Waals surface area contributed by atoms with Gasteiger partial charge in [0.25, 0.3) is 5.91 Å². The van der Waals surface area contributed by atoms with Gasteiger partial charge in [-0.3, -0.25) is 14.4 Å². The Bertz CT molecular complexity index is 907. The van der Waals surface area contributed by atoms with Crippen molar-refractivity contribution in [3.63, 3.8) is 0 Å². The number of carbonyl (C=O) groups excluding carboxylic acids is 3. The summed E-state index contributed by atoms with van der Waals surface area (Å²) >= 11 is 5.90. The van der Waals surface area contributed by atoms with Crippen LogP contribution in [0.25, 0.3) is 0 Å². The molecule has 0 aromatic heterocycles. The van der Waals surface area contributed by atoms with Crippen LogP contribution in [0.5, 0.6) is 0 Å². The topological polar surface area (TPSA) is 63.7 Å². The van der Waals surface area contributed by atoms with Crippen LogP contribution in [-0.4, -0.2) is 41.8 Å². The summed E-state index contributed by atoms with van der Waals surface area (Å²) in [5, 5.41) is 0.438. The fraction of sp³-hybridized carbons (Fsp3) is 0.318. The number of amides is 1. The number of hydrogen-bond donors (Lipinski definition) is 0. The minimum Gasteiger partial charge on any atom is -0.454 e. The number of carbonyl (C=O) groups is 3. The van der Waals surface area contributed by atoms with Crippen LogP contribution < -0.4 is 0 Å². The van der Waals surface area contributed by atoms with E-state index in [9.17, 15) is 18.8 Å². The molecule has 1 saturated heterocycles. The summed E-state index contributed by atoms with van der Waals surface area (Å²) < 4.78 is 18.4. The molecule has 0 saturated carbocycles. The van der Waals surface area contributed by atoms with E-state index in [-0.39, 0.29) is 17.6 Å². The van der Waals surface area contributed by atoms with Crippen molar-refractivity contribution in [2.75, 3.05) is 13.1 Å². The number of Topliss-reactive ketones (excluding diaryl/α,β-unsaturated/α-hetero) is 1. The molecule has 7 heteroatoms. The molecule has 0 unspecified atom stereocenters. The number of ether oxygens (including phenoxy) is 1. The monoisotopic (exact) mass is 417 g/mol. The van der Waals surface area contributed by atoms with Gasteiger partial charge >= 0.3 is 5.97 Å². The van der Waals surface area contributed by atoms with E-state index in [0.717, 1.165) is 0 Å². The van der Waals surface area contributed by atoms with Gasteiger partial charge in [0.2, 0.25) is 5.78 Å². The number of piperidine rings is 1. The minimum absolute atomic E-state index is 0.193. The summed E-state index contributed by atoms with van der Waals surface area (Å²) in [5.74, 6) is -1.72. The molecule has 152 valence electrons. The quantitative estimate of drug-likeness (QED) is 0.541. The van der Waals surface area contributed by atoms with Crippen molar-refractivity contribution in [1.29, 1.82) is 0 Å². The third kappa shape index (κ3) is 5.21. The average molecular weight is 418 g/mol. The number of likely N-dealkylation sites (tertiary alicyclic amines) is 1. The Balaban J connectivity index is 1.52. The van der Waals surface area contributed by atoms with E-state index in [1.54, 1.807) is 23.1 Å². The predicted octanol–water partition coefficient (Wildman–Crippen LogP) is 4.15. The van der Waals surface area contributed by atoms with Crippen molar-refractivity contribution in [2.24, 2.45) is 5.92 Å². The Labute approximate surface area is 173 Å². The fourth-order valence-corrected chi connectivity index (χ4v) is 3.48. The fourth-order valence-electron chi connectivity index (χ4n) is 3.29. The average Bonchev–Trinajstić information content (AvgIpc) is 2.73. The highest BCUT2D eigenvalue weighted by atomic mass is 35.5. The van der Waals surface area contributed by atoms with E-state index >= 15 is 0 Å². The predicted molar refractivity (Wildman–Crippen MR) is 106 cm³/mol. The molecule has 2 aromatic rings. The van der Waals surface area contributed by atoms with Gasteiger partial charge < -0.3 is 9.64 Å². The molecule has 0 aliphatic carbocycles. The minimum atomic E-state index is -0.917. The summed E-state index contributed by atoms with van der Waals surface area (Å²) in [5.41, 5.74) is 0.797. The Morgan fingerprint density at radius 2 is 1.72 bits per heavy atom. The number of hydrogen-bond acceptors (Lipinski definition) is 4. The van der Waals surface area contributed by atoms with Crippen molar-refractivity contribution < 1.29 is 23.5 Å².